The van der Waals surface area contributed by atoms with Crippen molar-refractivity contribution in [3.05, 3.63) is 53.3 Å². The van der Waals surface area contributed by atoms with Crippen LogP contribution in [0.2, 0.25) is 0 Å². The third-order valence-electron chi connectivity index (χ3n) is 3.32. The highest BCUT2D eigenvalue weighted by Crippen LogP contribution is 2.31. The second-order valence-electron chi connectivity index (χ2n) is 4.77. The van der Waals surface area contributed by atoms with Crippen LogP contribution in [-0.4, -0.2) is 16.8 Å². The highest BCUT2D eigenvalue weighted by atomic mass is 19.1. The number of hydrogen-bond acceptors (Lipinski definition) is 3. The number of halogens is 3. The molecule has 0 fully saturated rings. The van der Waals surface area contributed by atoms with Gasteiger partial charge in [-0.15, -0.1) is 0 Å². The van der Waals surface area contributed by atoms with Gasteiger partial charge in [0, 0.05) is 18.6 Å². The number of aliphatic carboxylic acids is 1. The van der Waals surface area contributed by atoms with Crippen molar-refractivity contribution >= 4 is 17.4 Å². The van der Waals surface area contributed by atoms with Crippen LogP contribution in [-0.2, 0) is 11.2 Å². The predicted molar refractivity (Wildman–Crippen MR) is 74.1 cm³/mol. The molecule has 3 rings (SSSR count). The molecule has 1 heterocycles. The van der Waals surface area contributed by atoms with Gasteiger partial charge in [-0.3, -0.25) is 5.43 Å². The molecule has 1 aliphatic rings. The summed E-state index contributed by atoms with van der Waals surface area (Å²) in [6.07, 6.45) is 0.104. The van der Waals surface area contributed by atoms with Gasteiger partial charge in [0.2, 0.25) is 0 Å². The fraction of sp³-hybridized carbons (Fsp3) is 0.0667. The van der Waals surface area contributed by atoms with Gasteiger partial charge in [0.05, 0.1) is 11.3 Å². The molecule has 0 aliphatic carbocycles. The second kappa shape index (κ2) is 5.18. The Morgan fingerprint density at radius 1 is 1.14 bits per heavy atom. The Hall–Kier alpha value is -2.83. The van der Waals surface area contributed by atoms with E-state index in [1.165, 1.54) is 12.1 Å². The third kappa shape index (κ3) is 2.41. The highest BCUT2D eigenvalue weighted by molar-refractivity contribution is 6.36. The molecule has 0 aromatic heterocycles. The lowest BCUT2D eigenvalue weighted by atomic mass is 9.98. The van der Waals surface area contributed by atoms with Gasteiger partial charge in [0.25, 0.3) is 0 Å². The number of nitrogens with zero attached hydrogens (tertiary/aromatic N) is 1. The van der Waals surface area contributed by atoms with E-state index in [1.807, 2.05) is 0 Å². The summed E-state index contributed by atoms with van der Waals surface area (Å²) in [5.41, 5.74) is 3.43. The fourth-order valence-electron chi connectivity index (χ4n) is 2.28. The first-order valence-corrected chi connectivity index (χ1v) is 6.29. The van der Waals surface area contributed by atoms with E-state index in [2.05, 4.69) is 10.5 Å². The zero-order valence-electron chi connectivity index (χ0n) is 11.0. The van der Waals surface area contributed by atoms with Crippen LogP contribution < -0.4 is 5.43 Å². The van der Waals surface area contributed by atoms with E-state index in [9.17, 15) is 18.0 Å². The van der Waals surface area contributed by atoms with Crippen LogP contribution in [0.1, 0.15) is 5.56 Å². The number of anilines is 1. The van der Waals surface area contributed by atoms with E-state index in [1.54, 1.807) is 6.07 Å². The van der Waals surface area contributed by atoms with E-state index < -0.39 is 23.4 Å². The Bertz CT molecular complexity index is 795. The Morgan fingerprint density at radius 3 is 2.45 bits per heavy atom. The fourth-order valence-corrected chi connectivity index (χ4v) is 2.28. The molecule has 0 saturated heterocycles. The Labute approximate surface area is 122 Å². The minimum atomic E-state index is -1.14. The molecule has 22 heavy (non-hydrogen) atoms. The van der Waals surface area contributed by atoms with Crippen molar-refractivity contribution in [1.29, 1.82) is 0 Å². The number of fused-ring (bicyclic) bond motifs is 1. The SMILES string of the molecule is O=C(O)C1=NNc2cc(-c3c(F)cc(F)cc3F)ccc2C1. The first-order chi connectivity index (χ1) is 10.5. The van der Waals surface area contributed by atoms with Gasteiger partial charge >= 0.3 is 5.97 Å². The quantitative estimate of drug-likeness (QED) is 0.896. The van der Waals surface area contributed by atoms with E-state index in [0.717, 1.165) is 0 Å². The lowest BCUT2D eigenvalue weighted by molar-refractivity contribution is -0.129. The van der Waals surface area contributed by atoms with E-state index in [4.69, 9.17) is 5.11 Å². The summed E-state index contributed by atoms with van der Waals surface area (Å²) in [5.74, 6) is -4.16. The summed E-state index contributed by atoms with van der Waals surface area (Å²) < 4.78 is 40.5. The summed E-state index contributed by atoms with van der Waals surface area (Å²) in [7, 11) is 0. The van der Waals surface area contributed by atoms with E-state index in [0.29, 0.717) is 23.4 Å². The molecular formula is C15H9F3N2O2. The van der Waals surface area contributed by atoms with Crippen molar-refractivity contribution in [1.82, 2.24) is 0 Å². The molecule has 0 radical (unpaired) electrons. The van der Waals surface area contributed by atoms with Crippen LogP contribution in [0.4, 0.5) is 18.9 Å². The number of carboxylic acid groups (broad SMARTS) is 1. The number of hydrogen-bond donors (Lipinski definition) is 2. The molecule has 0 atom stereocenters. The maximum atomic E-state index is 13.8. The molecule has 7 heteroatoms. The summed E-state index contributed by atoms with van der Waals surface area (Å²) in [6, 6.07) is 5.65. The molecule has 0 saturated carbocycles. The summed E-state index contributed by atoms with van der Waals surface area (Å²) >= 11 is 0. The lowest BCUT2D eigenvalue weighted by Crippen LogP contribution is -2.21. The lowest BCUT2D eigenvalue weighted by Gasteiger charge is -2.16. The van der Waals surface area contributed by atoms with Gasteiger partial charge in [0.1, 0.15) is 23.2 Å². The minimum absolute atomic E-state index is 0.0561. The van der Waals surface area contributed by atoms with Crippen LogP contribution >= 0.6 is 0 Å². The van der Waals surface area contributed by atoms with Crippen LogP contribution in [0, 0.1) is 17.5 Å². The topological polar surface area (TPSA) is 61.7 Å². The first-order valence-electron chi connectivity index (χ1n) is 6.29. The molecule has 0 amide bonds. The number of carboxylic acids is 1. The van der Waals surface area contributed by atoms with Crippen molar-refractivity contribution < 1.29 is 23.1 Å². The number of benzene rings is 2. The van der Waals surface area contributed by atoms with Crippen molar-refractivity contribution in [2.24, 2.45) is 5.10 Å². The van der Waals surface area contributed by atoms with E-state index in [-0.39, 0.29) is 23.3 Å². The first kappa shape index (κ1) is 14.1. The Morgan fingerprint density at radius 2 is 1.82 bits per heavy atom. The molecule has 2 N–H and O–H groups in total. The van der Waals surface area contributed by atoms with Crippen molar-refractivity contribution in [2.45, 2.75) is 6.42 Å². The van der Waals surface area contributed by atoms with Crippen molar-refractivity contribution in [2.75, 3.05) is 5.43 Å². The molecule has 0 spiro atoms. The Kier molecular flexibility index (Phi) is 3.32. The molecule has 2 aromatic rings. The average molecular weight is 306 g/mol. The normalized spacial score (nSPS) is 13.1. The van der Waals surface area contributed by atoms with Crippen LogP contribution in [0.5, 0.6) is 0 Å². The molecule has 2 aromatic carbocycles. The van der Waals surface area contributed by atoms with E-state index >= 15 is 0 Å². The third-order valence-corrected chi connectivity index (χ3v) is 3.32. The van der Waals surface area contributed by atoms with Crippen LogP contribution in [0.25, 0.3) is 11.1 Å². The molecule has 4 nitrogen and oxygen atoms in total. The molecule has 112 valence electrons. The van der Waals surface area contributed by atoms with Crippen LogP contribution in [0.15, 0.2) is 35.4 Å². The second-order valence-corrected chi connectivity index (χ2v) is 4.77. The zero-order valence-corrected chi connectivity index (χ0v) is 11.0. The number of nitrogens with one attached hydrogen (secondary N) is 1. The average Bonchev–Trinajstić information content (AvgIpc) is 2.45. The van der Waals surface area contributed by atoms with Gasteiger partial charge < -0.3 is 5.11 Å². The largest absolute Gasteiger partial charge is 0.477 e. The van der Waals surface area contributed by atoms with Gasteiger partial charge in [-0.25, -0.2) is 18.0 Å². The maximum absolute atomic E-state index is 13.8. The molecule has 0 unspecified atom stereocenters. The highest BCUT2D eigenvalue weighted by Gasteiger charge is 2.20. The summed E-state index contributed by atoms with van der Waals surface area (Å²) in [6.45, 7) is 0. The van der Waals surface area contributed by atoms with Crippen molar-refractivity contribution in [3.63, 3.8) is 0 Å². The molecule has 0 bridgehead atoms. The number of rotatable bonds is 2. The summed E-state index contributed by atoms with van der Waals surface area (Å²) in [4.78, 5) is 10.9. The van der Waals surface area contributed by atoms with Gasteiger partial charge in [-0.1, -0.05) is 12.1 Å². The van der Waals surface area contributed by atoms with Gasteiger partial charge in [-0.05, 0) is 17.2 Å². The minimum Gasteiger partial charge on any atom is -0.477 e. The van der Waals surface area contributed by atoms with Gasteiger partial charge in [0.15, 0.2) is 0 Å². The monoisotopic (exact) mass is 306 g/mol. The standard InChI is InChI=1S/C15H9F3N2O2/c16-9-5-10(17)14(11(18)6-9)8-2-1-7-3-13(15(21)22)20-19-12(7)4-8/h1-2,4-6,19H,3H2,(H,21,22). The number of carbonyl (C=O) groups is 1. The smallest absolute Gasteiger partial charge is 0.352 e. The zero-order chi connectivity index (χ0) is 15.9. The molecular weight excluding hydrogens is 297 g/mol. The maximum Gasteiger partial charge on any atom is 0.352 e. The molecule has 1 aliphatic heterocycles. The summed E-state index contributed by atoms with van der Waals surface area (Å²) in [5, 5.41) is 12.6. The van der Waals surface area contributed by atoms with Crippen LogP contribution in [0.3, 0.4) is 0 Å². The van der Waals surface area contributed by atoms with Crippen molar-refractivity contribution in [3.8, 4) is 11.1 Å². The van der Waals surface area contributed by atoms with Gasteiger partial charge in [-0.2, -0.15) is 5.10 Å². The Balaban J connectivity index is 2.03. The predicted octanol–water partition coefficient (Wildman–Crippen LogP) is 3.18. The number of hydrazone groups is 1.